The Morgan fingerprint density at radius 2 is 2.19 bits per heavy atom. The molecule has 1 atom stereocenters. The van der Waals surface area contributed by atoms with Crippen LogP contribution in [0.1, 0.15) is 25.3 Å². The summed E-state index contributed by atoms with van der Waals surface area (Å²) in [5.41, 5.74) is 2.22. The number of urea groups is 1. The Labute approximate surface area is 151 Å². The van der Waals surface area contributed by atoms with Gasteiger partial charge in [-0.1, -0.05) is 12.1 Å². The summed E-state index contributed by atoms with van der Waals surface area (Å²) in [5, 5.41) is 12.5. The largest absolute Gasteiger partial charge is 0.376 e. The molecular weight excluding hydrogens is 334 g/mol. The van der Waals surface area contributed by atoms with E-state index in [0.29, 0.717) is 24.5 Å². The molecule has 0 bridgehead atoms. The van der Waals surface area contributed by atoms with E-state index in [1.807, 2.05) is 18.2 Å². The summed E-state index contributed by atoms with van der Waals surface area (Å²) >= 11 is 0. The van der Waals surface area contributed by atoms with Gasteiger partial charge in [0.2, 0.25) is 5.91 Å². The molecule has 1 aromatic heterocycles. The number of amides is 3. The van der Waals surface area contributed by atoms with E-state index in [1.165, 1.54) is 6.92 Å². The van der Waals surface area contributed by atoms with Gasteiger partial charge < -0.3 is 20.7 Å². The van der Waals surface area contributed by atoms with Crippen LogP contribution in [-0.4, -0.2) is 34.4 Å². The number of benzene rings is 1. The first-order valence-corrected chi connectivity index (χ1v) is 8.64. The van der Waals surface area contributed by atoms with Crippen molar-refractivity contribution < 1.29 is 14.3 Å². The lowest BCUT2D eigenvalue weighted by Gasteiger charge is -2.09. The molecule has 0 spiro atoms. The van der Waals surface area contributed by atoms with Gasteiger partial charge in [-0.25, -0.2) is 4.79 Å². The molecular formula is C18H23N5O3. The van der Waals surface area contributed by atoms with Crippen LogP contribution in [0.4, 0.5) is 16.2 Å². The van der Waals surface area contributed by atoms with Gasteiger partial charge in [-0.2, -0.15) is 5.10 Å². The minimum absolute atomic E-state index is 0.132. The monoisotopic (exact) mass is 357 g/mol. The zero-order chi connectivity index (χ0) is 18.4. The molecule has 3 N–H and O–H groups in total. The van der Waals surface area contributed by atoms with Crippen molar-refractivity contribution in [1.29, 1.82) is 0 Å². The zero-order valence-electron chi connectivity index (χ0n) is 14.7. The number of ether oxygens (including phenoxy) is 1. The van der Waals surface area contributed by atoms with E-state index in [-0.39, 0.29) is 18.0 Å². The zero-order valence-corrected chi connectivity index (χ0v) is 14.7. The molecule has 138 valence electrons. The Balaban J connectivity index is 1.47. The van der Waals surface area contributed by atoms with Crippen molar-refractivity contribution >= 4 is 23.3 Å². The molecule has 1 saturated heterocycles. The molecule has 0 saturated carbocycles. The molecule has 3 rings (SSSR count). The number of hydrogen-bond donors (Lipinski definition) is 3. The Morgan fingerprint density at radius 1 is 1.31 bits per heavy atom. The Hall–Kier alpha value is -2.87. The number of hydrogen-bond acceptors (Lipinski definition) is 4. The van der Waals surface area contributed by atoms with Crippen molar-refractivity contribution in [3.05, 3.63) is 42.2 Å². The van der Waals surface area contributed by atoms with Crippen LogP contribution in [-0.2, 0) is 22.6 Å². The number of carbonyl (C=O) groups is 2. The molecule has 1 aliphatic rings. The Kier molecular flexibility index (Phi) is 5.85. The summed E-state index contributed by atoms with van der Waals surface area (Å²) in [6.07, 6.45) is 5.74. The van der Waals surface area contributed by atoms with Gasteiger partial charge in [-0.05, 0) is 30.5 Å². The van der Waals surface area contributed by atoms with Crippen LogP contribution < -0.4 is 16.0 Å². The molecule has 8 nitrogen and oxygen atoms in total. The number of nitrogens with zero attached hydrogens (tertiary/aromatic N) is 2. The maximum absolute atomic E-state index is 12.0. The quantitative estimate of drug-likeness (QED) is 0.739. The van der Waals surface area contributed by atoms with Crippen LogP contribution in [0.15, 0.2) is 36.7 Å². The van der Waals surface area contributed by atoms with Crippen molar-refractivity contribution in [2.75, 3.05) is 17.2 Å². The van der Waals surface area contributed by atoms with Crippen LogP contribution >= 0.6 is 0 Å². The third-order valence-corrected chi connectivity index (χ3v) is 4.01. The smallest absolute Gasteiger partial charge is 0.319 e. The molecule has 1 aliphatic heterocycles. The second-order valence-electron chi connectivity index (χ2n) is 6.28. The van der Waals surface area contributed by atoms with Gasteiger partial charge >= 0.3 is 6.03 Å². The van der Waals surface area contributed by atoms with E-state index in [2.05, 4.69) is 21.0 Å². The van der Waals surface area contributed by atoms with E-state index in [1.54, 1.807) is 23.1 Å². The van der Waals surface area contributed by atoms with Crippen molar-refractivity contribution in [2.45, 2.75) is 39.0 Å². The van der Waals surface area contributed by atoms with Gasteiger partial charge in [0.15, 0.2) is 0 Å². The molecule has 26 heavy (non-hydrogen) atoms. The molecule has 1 aromatic carbocycles. The number of anilines is 2. The first-order chi connectivity index (χ1) is 12.6. The lowest BCUT2D eigenvalue weighted by Crippen LogP contribution is -2.28. The normalized spacial score (nSPS) is 16.3. The summed E-state index contributed by atoms with van der Waals surface area (Å²) in [6, 6.07) is 7.02. The topological polar surface area (TPSA) is 97.3 Å². The summed E-state index contributed by atoms with van der Waals surface area (Å²) in [5.74, 6) is -0.132. The highest BCUT2D eigenvalue weighted by Gasteiger charge is 2.16. The van der Waals surface area contributed by atoms with Gasteiger partial charge in [0, 0.05) is 32.0 Å². The summed E-state index contributed by atoms with van der Waals surface area (Å²) < 4.78 is 7.36. The van der Waals surface area contributed by atoms with E-state index < -0.39 is 0 Å². The highest BCUT2D eigenvalue weighted by atomic mass is 16.5. The predicted octanol–water partition coefficient (Wildman–Crippen LogP) is 2.34. The minimum Gasteiger partial charge on any atom is -0.376 e. The molecule has 1 unspecified atom stereocenters. The first kappa shape index (κ1) is 17.9. The van der Waals surface area contributed by atoms with Crippen molar-refractivity contribution in [1.82, 2.24) is 15.1 Å². The summed E-state index contributed by atoms with van der Waals surface area (Å²) in [4.78, 5) is 23.1. The van der Waals surface area contributed by atoms with Crippen molar-refractivity contribution in [3.63, 3.8) is 0 Å². The molecule has 8 heteroatoms. The van der Waals surface area contributed by atoms with Gasteiger partial charge in [0.05, 0.1) is 24.5 Å². The lowest BCUT2D eigenvalue weighted by atomic mass is 10.2. The SMILES string of the molecule is CC(=O)Nc1cccc(CNC(=O)Nc2cnn(CC3CCCO3)c2)c1. The van der Waals surface area contributed by atoms with Gasteiger partial charge in [-0.3, -0.25) is 9.48 Å². The van der Waals surface area contributed by atoms with E-state index in [0.717, 1.165) is 25.0 Å². The van der Waals surface area contributed by atoms with Gasteiger partial charge in [0.25, 0.3) is 0 Å². The average molecular weight is 357 g/mol. The van der Waals surface area contributed by atoms with Crippen LogP contribution in [0.5, 0.6) is 0 Å². The summed E-state index contributed by atoms with van der Waals surface area (Å²) in [6.45, 7) is 3.31. The molecule has 1 fully saturated rings. The maximum atomic E-state index is 12.0. The lowest BCUT2D eigenvalue weighted by molar-refractivity contribution is -0.114. The van der Waals surface area contributed by atoms with Gasteiger partial charge in [0.1, 0.15) is 0 Å². The fourth-order valence-corrected chi connectivity index (χ4v) is 2.84. The second-order valence-corrected chi connectivity index (χ2v) is 6.28. The van der Waals surface area contributed by atoms with E-state index in [9.17, 15) is 9.59 Å². The number of aromatic nitrogens is 2. The Bertz CT molecular complexity index is 768. The molecule has 2 heterocycles. The standard InChI is InChI=1S/C18H23N5O3/c1-13(24)21-15-5-2-4-14(8-15)9-19-18(25)22-16-10-20-23(11-16)12-17-6-3-7-26-17/h2,4-5,8,10-11,17H,3,6-7,9,12H2,1H3,(H,21,24)(H2,19,22,25). The maximum Gasteiger partial charge on any atom is 0.319 e. The number of carbonyl (C=O) groups excluding carboxylic acids is 2. The highest BCUT2D eigenvalue weighted by molar-refractivity contribution is 5.89. The fraction of sp³-hybridized carbons (Fsp3) is 0.389. The third-order valence-electron chi connectivity index (χ3n) is 4.01. The van der Waals surface area contributed by atoms with Crippen LogP contribution in [0, 0.1) is 0 Å². The summed E-state index contributed by atoms with van der Waals surface area (Å²) in [7, 11) is 0. The molecule has 0 aliphatic carbocycles. The van der Waals surface area contributed by atoms with E-state index >= 15 is 0 Å². The van der Waals surface area contributed by atoms with Crippen molar-refractivity contribution in [3.8, 4) is 0 Å². The minimum atomic E-state index is -0.313. The van der Waals surface area contributed by atoms with Crippen molar-refractivity contribution in [2.24, 2.45) is 0 Å². The average Bonchev–Trinajstić information content (AvgIpc) is 3.25. The van der Waals surface area contributed by atoms with Gasteiger partial charge in [-0.15, -0.1) is 0 Å². The number of rotatable bonds is 6. The van der Waals surface area contributed by atoms with E-state index in [4.69, 9.17) is 4.74 Å². The van der Waals surface area contributed by atoms with Crippen LogP contribution in [0.2, 0.25) is 0 Å². The number of nitrogens with one attached hydrogen (secondary N) is 3. The molecule has 3 amide bonds. The van der Waals surface area contributed by atoms with Crippen LogP contribution in [0.25, 0.3) is 0 Å². The predicted molar refractivity (Wildman–Crippen MR) is 97.8 cm³/mol. The first-order valence-electron chi connectivity index (χ1n) is 8.64. The van der Waals surface area contributed by atoms with Crippen LogP contribution in [0.3, 0.4) is 0 Å². The second kappa shape index (κ2) is 8.48. The molecule has 2 aromatic rings. The highest BCUT2D eigenvalue weighted by Crippen LogP contribution is 2.15. The third kappa shape index (κ3) is 5.32. The Morgan fingerprint density at radius 3 is 2.96 bits per heavy atom. The molecule has 0 radical (unpaired) electrons. The fourth-order valence-electron chi connectivity index (χ4n) is 2.84.